The SMILES string of the molecule is Sc1[nH+]c2ccccc2s1.Sc1[nH+]c2ccccc2s1.[Cl][Pt][Cl]. The number of thiazole rings is 2. The van der Waals surface area contributed by atoms with E-state index in [4.69, 9.17) is 18.8 Å². The summed E-state index contributed by atoms with van der Waals surface area (Å²) in [5, 5.41) is 0. The molecule has 23 heavy (non-hydrogen) atoms. The molecule has 0 bridgehead atoms. The van der Waals surface area contributed by atoms with Gasteiger partial charge in [-0.05, 0) is 12.1 Å². The molecule has 2 heterocycles. The first-order valence-corrected chi connectivity index (χ1v) is 14.3. The van der Waals surface area contributed by atoms with Crippen LogP contribution in [-0.4, -0.2) is 0 Å². The van der Waals surface area contributed by atoms with E-state index in [0.29, 0.717) is 0 Å². The number of hydrogen-bond donors (Lipinski definition) is 2. The minimum atomic E-state index is -0.472. The Morgan fingerprint density at radius 3 is 1.43 bits per heavy atom. The van der Waals surface area contributed by atoms with Crippen LogP contribution in [0.15, 0.2) is 57.2 Å². The standard InChI is InChI=1S/2C7H5NS2.2ClH.Pt/c2*9-7-8-5-3-1-2-4-6(5)10-7;;;/h2*1-4H,(H,8,9);2*1H;/q;;;;+2. The van der Waals surface area contributed by atoms with Gasteiger partial charge in [0.25, 0.3) is 8.68 Å². The van der Waals surface area contributed by atoms with Crippen LogP contribution in [0.4, 0.5) is 0 Å². The van der Waals surface area contributed by atoms with Crippen LogP contribution >= 0.6 is 66.8 Å². The van der Waals surface area contributed by atoms with Crippen LogP contribution in [0.5, 0.6) is 0 Å². The summed E-state index contributed by atoms with van der Waals surface area (Å²) in [6.45, 7) is 0. The van der Waals surface area contributed by atoms with Gasteiger partial charge in [0.2, 0.25) is 11.0 Å². The third-order valence-electron chi connectivity index (χ3n) is 2.67. The molecule has 9 heteroatoms. The molecule has 2 aromatic carbocycles. The van der Waals surface area contributed by atoms with Gasteiger partial charge >= 0.3 is 35.3 Å². The van der Waals surface area contributed by atoms with E-state index < -0.39 is 16.5 Å². The van der Waals surface area contributed by atoms with E-state index in [9.17, 15) is 0 Å². The Bertz CT molecular complexity index is 743. The number of H-pyrrole nitrogens is 2. The number of aromatic amines is 2. The summed E-state index contributed by atoms with van der Waals surface area (Å²) in [5.41, 5.74) is 2.33. The van der Waals surface area contributed by atoms with E-state index in [-0.39, 0.29) is 0 Å². The summed E-state index contributed by atoms with van der Waals surface area (Å²) in [4.78, 5) is 6.28. The molecular formula is C14H12Cl2N2PtS4+2. The third kappa shape index (κ3) is 6.20. The molecule has 4 aromatic rings. The van der Waals surface area contributed by atoms with E-state index in [2.05, 4.69) is 47.4 Å². The van der Waals surface area contributed by atoms with Crippen molar-refractivity contribution >= 4 is 87.2 Å². The van der Waals surface area contributed by atoms with Crippen LogP contribution in [0.1, 0.15) is 0 Å². The predicted molar refractivity (Wildman–Crippen MR) is 103 cm³/mol. The van der Waals surface area contributed by atoms with Crippen molar-refractivity contribution in [2.75, 3.05) is 0 Å². The number of aromatic nitrogens is 2. The van der Waals surface area contributed by atoms with E-state index in [0.717, 1.165) is 19.7 Å². The second-order valence-electron chi connectivity index (χ2n) is 4.10. The quantitative estimate of drug-likeness (QED) is 0.253. The molecule has 0 unspecified atom stereocenters. The van der Waals surface area contributed by atoms with Crippen molar-refractivity contribution in [1.82, 2.24) is 0 Å². The molecular weight excluding hydrogens is 590 g/mol. The summed E-state index contributed by atoms with van der Waals surface area (Å²) < 4.78 is 4.43. The van der Waals surface area contributed by atoms with Crippen LogP contribution in [0, 0.1) is 0 Å². The summed E-state index contributed by atoms with van der Waals surface area (Å²) >= 11 is 11.3. The average molecular weight is 603 g/mol. The summed E-state index contributed by atoms with van der Waals surface area (Å²) in [6.07, 6.45) is 0. The molecule has 0 aliphatic heterocycles. The first kappa shape index (κ1) is 19.5. The Balaban J connectivity index is 0.000000143. The Hall–Kier alpha value is 0.188. The molecule has 0 fully saturated rings. The van der Waals surface area contributed by atoms with Crippen LogP contribution in [-0.2, 0) is 16.5 Å². The number of hydrogen-bond acceptors (Lipinski definition) is 4. The second-order valence-corrected chi connectivity index (χ2v) is 11.0. The van der Waals surface area contributed by atoms with E-state index in [1.165, 1.54) is 9.40 Å². The number of thiol groups is 2. The average Bonchev–Trinajstić information content (AvgIpc) is 3.08. The molecule has 0 amide bonds. The molecule has 0 saturated heterocycles. The second kappa shape index (κ2) is 10.2. The van der Waals surface area contributed by atoms with Crippen molar-refractivity contribution in [3.63, 3.8) is 0 Å². The van der Waals surface area contributed by atoms with Gasteiger partial charge in [0.15, 0.2) is 0 Å². The van der Waals surface area contributed by atoms with E-state index >= 15 is 0 Å². The van der Waals surface area contributed by atoms with Gasteiger partial charge in [-0.3, -0.25) is 0 Å². The molecule has 0 radical (unpaired) electrons. The topological polar surface area (TPSA) is 28.3 Å². The van der Waals surface area contributed by atoms with Crippen LogP contribution in [0.25, 0.3) is 20.4 Å². The zero-order valence-corrected chi connectivity index (χ0v) is 18.6. The molecule has 0 atom stereocenters. The zero-order valence-electron chi connectivity index (χ0n) is 11.4. The van der Waals surface area contributed by atoms with Crippen molar-refractivity contribution in [2.24, 2.45) is 0 Å². The van der Waals surface area contributed by atoms with Crippen LogP contribution in [0.2, 0.25) is 0 Å². The molecule has 0 spiro atoms. The Kier molecular flexibility index (Phi) is 8.69. The maximum atomic E-state index is 4.88. The van der Waals surface area contributed by atoms with Gasteiger partial charge in [0.05, 0.1) is 0 Å². The molecule has 4 rings (SSSR count). The van der Waals surface area contributed by atoms with Crippen molar-refractivity contribution in [2.45, 2.75) is 8.68 Å². The van der Waals surface area contributed by atoms with Gasteiger partial charge < -0.3 is 0 Å². The fraction of sp³-hybridized carbons (Fsp3) is 0. The first-order chi connectivity index (χ1) is 11.1. The zero-order chi connectivity index (χ0) is 16.7. The van der Waals surface area contributed by atoms with Crippen molar-refractivity contribution < 1.29 is 26.4 Å². The van der Waals surface area contributed by atoms with Gasteiger partial charge in [-0.25, -0.2) is 0 Å². The Labute approximate surface area is 169 Å². The summed E-state index contributed by atoms with van der Waals surface area (Å²) in [6, 6.07) is 16.3. The number of benzene rings is 2. The molecule has 0 saturated carbocycles. The van der Waals surface area contributed by atoms with E-state index in [1.54, 1.807) is 22.7 Å². The van der Waals surface area contributed by atoms with Crippen molar-refractivity contribution in [3.8, 4) is 0 Å². The number of nitrogens with one attached hydrogen (secondary N) is 2. The van der Waals surface area contributed by atoms with Crippen LogP contribution < -0.4 is 9.97 Å². The minimum absolute atomic E-state index is 0.472. The van der Waals surface area contributed by atoms with Gasteiger partial charge in [0.1, 0.15) is 9.40 Å². The fourth-order valence-electron chi connectivity index (χ4n) is 1.81. The first-order valence-electron chi connectivity index (χ1n) is 6.16. The molecule has 2 N–H and O–H groups in total. The monoisotopic (exact) mass is 601 g/mol. The number of rotatable bonds is 0. The van der Waals surface area contributed by atoms with E-state index in [1.807, 2.05) is 36.4 Å². The summed E-state index contributed by atoms with van der Waals surface area (Å²) in [5.74, 6) is 0. The normalized spacial score (nSPS) is 10.1. The Morgan fingerprint density at radius 2 is 1.09 bits per heavy atom. The molecule has 0 aliphatic rings. The fourth-order valence-corrected chi connectivity index (χ4v) is 4.13. The maximum absolute atomic E-state index is 4.88. The summed E-state index contributed by atoms with van der Waals surface area (Å²) in [7, 11) is 9.75. The molecule has 124 valence electrons. The number of para-hydroxylation sites is 2. The van der Waals surface area contributed by atoms with Crippen LogP contribution in [0.3, 0.4) is 0 Å². The van der Waals surface area contributed by atoms with Crippen molar-refractivity contribution in [1.29, 1.82) is 0 Å². The van der Waals surface area contributed by atoms with Gasteiger partial charge in [0, 0.05) is 12.1 Å². The number of fused-ring (bicyclic) bond motifs is 2. The van der Waals surface area contributed by atoms with Gasteiger partial charge in [-0.1, -0.05) is 72.2 Å². The van der Waals surface area contributed by atoms with Gasteiger partial charge in [-0.15, -0.1) is 0 Å². The molecule has 0 aliphatic carbocycles. The van der Waals surface area contributed by atoms with Crippen molar-refractivity contribution in [3.05, 3.63) is 48.5 Å². The Morgan fingerprint density at radius 1 is 0.739 bits per heavy atom. The third-order valence-corrected chi connectivity index (χ3v) is 5.18. The molecule has 2 nitrogen and oxygen atoms in total. The molecule has 2 aromatic heterocycles. The number of halogens is 2. The van der Waals surface area contributed by atoms with Gasteiger partial charge in [-0.2, -0.15) is 9.97 Å². The predicted octanol–water partition coefficient (Wildman–Crippen LogP) is 5.38.